The fourth-order valence-electron chi connectivity index (χ4n) is 4.26. The summed E-state index contributed by atoms with van der Waals surface area (Å²) in [6.45, 7) is 5.94. The van der Waals surface area contributed by atoms with Gasteiger partial charge in [-0.1, -0.05) is 6.92 Å². The van der Waals surface area contributed by atoms with E-state index >= 15 is 0 Å². The summed E-state index contributed by atoms with van der Waals surface area (Å²) in [4.78, 5) is 2.69. The summed E-state index contributed by atoms with van der Waals surface area (Å²) >= 11 is 0. The highest BCUT2D eigenvalue weighted by Gasteiger charge is 2.43. The summed E-state index contributed by atoms with van der Waals surface area (Å²) in [6, 6.07) is 1.27. The summed E-state index contributed by atoms with van der Waals surface area (Å²) in [5.74, 6) is 0.518. The summed E-state index contributed by atoms with van der Waals surface area (Å²) in [6.07, 6.45) is 7.17. The van der Waals surface area contributed by atoms with Crippen LogP contribution in [0.1, 0.15) is 45.4 Å². The van der Waals surface area contributed by atoms with Gasteiger partial charge in [0.15, 0.2) is 5.79 Å². The van der Waals surface area contributed by atoms with Crippen LogP contribution in [0.15, 0.2) is 0 Å². The molecule has 1 spiro atoms. The maximum absolute atomic E-state index is 6.02. The fourth-order valence-corrected chi connectivity index (χ4v) is 4.26. The molecule has 0 amide bonds. The molecular weight excluding hydrogens is 240 g/mol. The van der Waals surface area contributed by atoms with Gasteiger partial charge in [0, 0.05) is 31.5 Å². The summed E-state index contributed by atoms with van der Waals surface area (Å²) < 4.78 is 11.7. The van der Waals surface area contributed by atoms with E-state index in [9.17, 15) is 0 Å². The number of nitrogens with zero attached hydrogens (tertiary/aromatic N) is 1. The molecule has 3 rings (SSSR count). The van der Waals surface area contributed by atoms with Gasteiger partial charge in [-0.2, -0.15) is 0 Å². The third-order valence-corrected chi connectivity index (χ3v) is 5.40. The molecule has 0 radical (unpaired) electrons. The number of hydrogen-bond acceptors (Lipinski definition) is 4. The first-order chi connectivity index (χ1) is 9.24. The zero-order valence-electron chi connectivity index (χ0n) is 12.1. The molecule has 2 aliphatic heterocycles. The Hall–Kier alpha value is -0.160. The van der Waals surface area contributed by atoms with Crippen molar-refractivity contribution in [2.24, 2.45) is 11.7 Å². The molecule has 2 atom stereocenters. The van der Waals surface area contributed by atoms with Gasteiger partial charge in [0.2, 0.25) is 0 Å². The topological polar surface area (TPSA) is 47.7 Å². The lowest BCUT2D eigenvalue weighted by molar-refractivity contribution is -0.186. The largest absolute Gasteiger partial charge is 0.348 e. The molecular formula is C15H28N2O2. The van der Waals surface area contributed by atoms with Crippen LogP contribution in [0, 0.1) is 5.92 Å². The molecule has 2 N–H and O–H groups in total. The van der Waals surface area contributed by atoms with Crippen molar-refractivity contribution in [2.45, 2.75) is 63.3 Å². The van der Waals surface area contributed by atoms with Gasteiger partial charge in [0.25, 0.3) is 0 Å². The molecule has 0 aromatic rings. The van der Waals surface area contributed by atoms with Crippen LogP contribution in [0.5, 0.6) is 0 Å². The lowest BCUT2D eigenvalue weighted by Gasteiger charge is -2.47. The predicted molar refractivity (Wildman–Crippen MR) is 74.8 cm³/mol. The molecule has 3 fully saturated rings. The molecule has 110 valence electrons. The van der Waals surface area contributed by atoms with Crippen LogP contribution in [0.3, 0.4) is 0 Å². The lowest BCUT2D eigenvalue weighted by atomic mass is 9.84. The maximum Gasteiger partial charge on any atom is 0.168 e. The van der Waals surface area contributed by atoms with Crippen LogP contribution in [0.2, 0.25) is 0 Å². The highest BCUT2D eigenvalue weighted by Crippen LogP contribution is 2.39. The zero-order valence-corrected chi connectivity index (χ0v) is 12.1. The Morgan fingerprint density at radius 3 is 2.47 bits per heavy atom. The van der Waals surface area contributed by atoms with Crippen molar-refractivity contribution >= 4 is 0 Å². The molecule has 4 heteroatoms. The van der Waals surface area contributed by atoms with E-state index in [-0.39, 0.29) is 5.79 Å². The minimum atomic E-state index is -0.226. The first kappa shape index (κ1) is 13.8. The number of likely N-dealkylation sites (tertiary alicyclic amines) is 1. The monoisotopic (exact) mass is 268 g/mol. The highest BCUT2D eigenvalue weighted by atomic mass is 16.7. The summed E-state index contributed by atoms with van der Waals surface area (Å²) in [5.41, 5.74) is 6.02. The fraction of sp³-hybridized carbons (Fsp3) is 1.00. The van der Waals surface area contributed by atoms with Crippen LogP contribution in [-0.4, -0.2) is 49.1 Å². The van der Waals surface area contributed by atoms with Crippen molar-refractivity contribution < 1.29 is 9.47 Å². The Morgan fingerprint density at radius 2 is 1.84 bits per heavy atom. The zero-order chi connectivity index (χ0) is 13.3. The Bertz CT molecular complexity index is 295. The third kappa shape index (κ3) is 2.68. The van der Waals surface area contributed by atoms with E-state index < -0.39 is 0 Å². The smallest absolute Gasteiger partial charge is 0.168 e. The number of rotatable bonds is 2. The van der Waals surface area contributed by atoms with Crippen LogP contribution < -0.4 is 5.73 Å². The number of nitrogens with two attached hydrogens (primary N) is 1. The van der Waals surface area contributed by atoms with Gasteiger partial charge in [0.05, 0.1) is 13.2 Å². The van der Waals surface area contributed by atoms with E-state index in [4.69, 9.17) is 15.2 Å². The SMILES string of the molecule is CC1CCCN(C2CCC3(CC2)OCCO3)C1CN. The lowest BCUT2D eigenvalue weighted by Crippen LogP contribution is -2.55. The van der Waals surface area contributed by atoms with Gasteiger partial charge in [0.1, 0.15) is 0 Å². The summed E-state index contributed by atoms with van der Waals surface area (Å²) in [5, 5.41) is 0. The molecule has 2 unspecified atom stereocenters. The van der Waals surface area contributed by atoms with Gasteiger partial charge < -0.3 is 15.2 Å². The minimum Gasteiger partial charge on any atom is -0.348 e. The average molecular weight is 268 g/mol. The van der Waals surface area contributed by atoms with Crippen LogP contribution in [0.4, 0.5) is 0 Å². The third-order valence-electron chi connectivity index (χ3n) is 5.40. The van der Waals surface area contributed by atoms with Gasteiger partial charge >= 0.3 is 0 Å². The average Bonchev–Trinajstić information content (AvgIpc) is 2.88. The molecule has 0 bridgehead atoms. The Labute approximate surface area is 116 Å². The Morgan fingerprint density at radius 1 is 1.16 bits per heavy atom. The van der Waals surface area contributed by atoms with Crippen molar-refractivity contribution in [3.63, 3.8) is 0 Å². The second-order valence-corrected chi connectivity index (χ2v) is 6.50. The van der Waals surface area contributed by atoms with Gasteiger partial charge in [-0.15, -0.1) is 0 Å². The van der Waals surface area contributed by atoms with Crippen molar-refractivity contribution in [1.29, 1.82) is 0 Å². The van der Waals surface area contributed by atoms with Crippen molar-refractivity contribution in [3.05, 3.63) is 0 Å². The van der Waals surface area contributed by atoms with Crippen LogP contribution in [-0.2, 0) is 9.47 Å². The molecule has 2 saturated heterocycles. The highest BCUT2D eigenvalue weighted by molar-refractivity contribution is 4.92. The molecule has 1 saturated carbocycles. The normalized spacial score (nSPS) is 36.9. The maximum atomic E-state index is 6.02. The van der Waals surface area contributed by atoms with E-state index in [1.165, 1.54) is 32.2 Å². The Kier molecular flexibility index (Phi) is 4.13. The predicted octanol–water partition coefficient (Wildman–Crippen LogP) is 1.73. The van der Waals surface area contributed by atoms with Gasteiger partial charge in [-0.3, -0.25) is 4.90 Å². The molecule has 3 aliphatic rings. The van der Waals surface area contributed by atoms with Crippen molar-refractivity contribution in [2.75, 3.05) is 26.3 Å². The van der Waals surface area contributed by atoms with Gasteiger partial charge in [-0.25, -0.2) is 0 Å². The molecule has 2 heterocycles. The molecule has 1 aliphatic carbocycles. The van der Waals surface area contributed by atoms with Gasteiger partial charge in [-0.05, 0) is 38.1 Å². The number of piperidine rings is 1. The van der Waals surface area contributed by atoms with E-state index in [1.54, 1.807) is 0 Å². The quantitative estimate of drug-likeness (QED) is 0.828. The Balaban J connectivity index is 1.60. The van der Waals surface area contributed by atoms with E-state index in [0.29, 0.717) is 12.1 Å². The van der Waals surface area contributed by atoms with Crippen molar-refractivity contribution in [3.8, 4) is 0 Å². The second-order valence-electron chi connectivity index (χ2n) is 6.50. The minimum absolute atomic E-state index is 0.226. The molecule has 4 nitrogen and oxygen atoms in total. The van der Waals surface area contributed by atoms with E-state index in [0.717, 1.165) is 38.5 Å². The first-order valence-corrected chi connectivity index (χ1v) is 7.98. The van der Waals surface area contributed by atoms with E-state index in [1.807, 2.05) is 0 Å². The number of ether oxygens (including phenoxy) is 2. The number of hydrogen-bond donors (Lipinski definition) is 1. The van der Waals surface area contributed by atoms with Crippen molar-refractivity contribution in [1.82, 2.24) is 4.90 Å². The van der Waals surface area contributed by atoms with E-state index in [2.05, 4.69) is 11.8 Å². The van der Waals surface area contributed by atoms with Crippen LogP contribution >= 0.6 is 0 Å². The molecule has 19 heavy (non-hydrogen) atoms. The molecule has 0 aromatic carbocycles. The standard InChI is InChI=1S/C15H28N2O2/c1-12-3-2-8-17(14(12)11-16)13-4-6-15(7-5-13)18-9-10-19-15/h12-14H,2-11,16H2,1H3. The summed E-state index contributed by atoms with van der Waals surface area (Å²) in [7, 11) is 0. The first-order valence-electron chi connectivity index (χ1n) is 7.98. The molecule has 0 aromatic heterocycles. The van der Waals surface area contributed by atoms with Crippen LogP contribution in [0.25, 0.3) is 0 Å². The second kappa shape index (κ2) is 5.68.